The summed E-state index contributed by atoms with van der Waals surface area (Å²) < 4.78 is 10.2. The molecule has 1 amide bonds. The van der Waals surface area contributed by atoms with Crippen LogP contribution < -0.4 is 15.1 Å². The molecule has 4 N–H and O–H groups in total. The molecule has 1 heterocycles. The fourth-order valence-electron chi connectivity index (χ4n) is 2.39. The Morgan fingerprint density at radius 2 is 2.25 bits per heavy atom. The number of benzene rings is 1. The average Bonchev–Trinajstić information content (AvgIpc) is 2.35. The highest BCUT2D eigenvalue weighted by molar-refractivity contribution is 6.44. The van der Waals surface area contributed by atoms with Gasteiger partial charge in [0.1, 0.15) is 17.1 Å². The van der Waals surface area contributed by atoms with Gasteiger partial charge in [0.2, 0.25) is 5.91 Å². The molecule has 1 aliphatic heterocycles. The number of methoxy groups -OCH3 is 1. The molecule has 0 spiro atoms. The molecule has 0 radical (unpaired) electrons. The lowest BCUT2D eigenvalue weighted by Gasteiger charge is -2.28. The van der Waals surface area contributed by atoms with E-state index in [1.165, 1.54) is 13.2 Å². The smallest absolute Gasteiger partial charge is 0.523 e. The second kappa shape index (κ2) is 5.42. The molecule has 2 rings (SSSR count). The number of primary amides is 1. The molecule has 1 aromatic carbocycles. The van der Waals surface area contributed by atoms with Crippen LogP contribution in [0, 0.1) is 0 Å². The first-order valence-corrected chi connectivity index (χ1v) is 6.01. The molecular weight excluding hydrogens is 265 g/mol. The second-order valence-corrected chi connectivity index (χ2v) is 4.54. The van der Waals surface area contributed by atoms with Crippen LogP contribution >= 0.6 is 0 Å². The predicted molar refractivity (Wildman–Crippen MR) is 69.9 cm³/mol. The number of carboxylic acids is 1. The minimum atomic E-state index is -1.23. The highest BCUT2D eigenvalue weighted by atomic mass is 16.5. The van der Waals surface area contributed by atoms with Gasteiger partial charge in [-0.05, 0) is 17.5 Å². The van der Waals surface area contributed by atoms with Gasteiger partial charge in [-0.25, -0.2) is 4.79 Å². The summed E-state index contributed by atoms with van der Waals surface area (Å²) in [5.74, 6) is -1.98. The fourth-order valence-corrected chi connectivity index (χ4v) is 2.39. The van der Waals surface area contributed by atoms with Gasteiger partial charge in [0, 0.05) is 12.7 Å². The second-order valence-electron chi connectivity index (χ2n) is 4.54. The number of rotatable bonds is 4. The van der Waals surface area contributed by atoms with Crippen molar-refractivity contribution in [3.05, 3.63) is 23.3 Å². The molecule has 8 heteroatoms. The van der Waals surface area contributed by atoms with Crippen molar-refractivity contribution in [2.24, 2.45) is 5.73 Å². The number of ether oxygens (including phenoxy) is 1. The van der Waals surface area contributed by atoms with Gasteiger partial charge in [-0.1, -0.05) is 6.07 Å². The minimum Gasteiger partial charge on any atom is -0.535 e. The minimum absolute atomic E-state index is 0.0127. The Kier molecular flexibility index (Phi) is 3.85. The summed E-state index contributed by atoms with van der Waals surface area (Å²) in [6.07, 6.45) is 0.195. The third-order valence-corrected chi connectivity index (χ3v) is 3.21. The maximum absolute atomic E-state index is 11.4. The lowest BCUT2D eigenvalue weighted by molar-refractivity contribution is -0.118. The largest absolute Gasteiger partial charge is 0.535 e. The van der Waals surface area contributed by atoms with E-state index in [4.69, 9.17) is 15.1 Å². The SMILES string of the molecule is COc1ccc2c(c1C(=O)O)OB(O)CC2CC(N)=O. The first-order chi connectivity index (χ1) is 9.43. The fraction of sp³-hybridized carbons (Fsp3) is 0.333. The maximum atomic E-state index is 11.4. The molecule has 0 bridgehead atoms. The molecule has 7 nitrogen and oxygen atoms in total. The third-order valence-electron chi connectivity index (χ3n) is 3.21. The van der Waals surface area contributed by atoms with E-state index in [0.29, 0.717) is 5.56 Å². The molecule has 20 heavy (non-hydrogen) atoms. The summed E-state index contributed by atoms with van der Waals surface area (Å²) in [6.45, 7) is 0. The van der Waals surface area contributed by atoms with E-state index in [0.717, 1.165) is 0 Å². The first-order valence-electron chi connectivity index (χ1n) is 6.01. The molecule has 0 aliphatic carbocycles. The van der Waals surface area contributed by atoms with Gasteiger partial charge >= 0.3 is 13.1 Å². The van der Waals surface area contributed by atoms with Crippen molar-refractivity contribution in [1.29, 1.82) is 0 Å². The summed E-state index contributed by atoms with van der Waals surface area (Å²) in [5.41, 5.74) is 5.54. The Balaban J connectivity index is 2.56. The van der Waals surface area contributed by atoms with E-state index >= 15 is 0 Å². The van der Waals surface area contributed by atoms with Gasteiger partial charge in [-0.3, -0.25) is 4.79 Å². The van der Waals surface area contributed by atoms with Crippen LogP contribution in [-0.2, 0) is 4.79 Å². The van der Waals surface area contributed by atoms with E-state index < -0.39 is 19.0 Å². The van der Waals surface area contributed by atoms with Gasteiger partial charge in [-0.15, -0.1) is 0 Å². The molecule has 0 fully saturated rings. The molecular formula is C12H14BNO6. The number of carboxylic acid groups (broad SMARTS) is 1. The number of hydrogen-bond acceptors (Lipinski definition) is 5. The Bertz CT molecular complexity index is 561. The normalized spacial score (nSPS) is 17.1. The van der Waals surface area contributed by atoms with E-state index in [-0.39, 0.29) is 35.7 Å². The summed E-state index contributed by atoms with van der Waals surface area (Å²) in [6, 6.07) is 3.12. The Morgan fingerprint density at radius 1 is 1.55 bits per heavy atom. The Morgan fingerprint density at radius 3 is 2.80 bits per heavy atom. The lowest BCUT2D eigenvalue weighted by atomic mass is 9.70. The van der Waals surface area contributed by atoms with Crippen LogP contribution in [0.4, 0.5) is 0 Å². The standard InChI is InChI=1S/C12H14BNO6/c1-19-8-3-2-7-6(4-9(14)15)5-13(18)20-11(7)10(8)12(16)17/h2-3,6,18H,4-5H2,1H3,(H2,14,15)(H,16,17). The molecule has 0 aromatic heterocycles. The van der Waals surface area contributed by atoms with Crippen molar-refractivity contribution in [1.82, 2.24) is 0 Å². The topological polar surface area (TPSA) is 119 Å². The number of aromatic carboxylic acids is 1. The number of carbonyl (C=O) groups is 2. The van der Waals surface area contributed by atoms with Gasteiger partial charge in [0.05, 0.1) is 7.11 Å². The number of amides is 1. The molecule has 1 aliphatic rings. The van der Waals surface area contributed by atoms with Crippen LogP contribution in [0.1, 0.15) is 28.3 Å². The number of fused-ring (bicyclic) bond motifs is 1. The van der Waals surface area contributed by atoms with Crippen molar-refractivity contribution in [3.63, 3.8) is 0 Å². The Labute approximate surface area is 115 Å². The molecule has 1 aromatic rings. The van der Waals surface area contributed by atoms with Crippen LogP contribution in [0.3, 0.4) is 0 Å². The molecule has 0 saturated heterocycles. The van der Waals surface area contributed by atoms with Gasteiger partial charge < -0.3 is 25.3 Å². The zero-order valence-electron chi connectivity index (χ0n) is 10.8. The number of hydrogen-bond donors (Lipinski definition) is 3. The van der Waals surface area contributed by atoms with Crippen molar-refractivity contribution in [2.45, 2.75) is 18.7 Å². The zero-order chi connectivity index (χ0) is 14.9. The van der Waals surface area contributed by atoms with Crippen molar-refractivity contribution in [3.8, 4) is 11.5 Å². The van der Waals surface area contributed by atoms with Crippen LogP contribution in [0.15, 0.2) is 12.1 Å². The van der Waals surface area contributed by atoms with Crippen molar-refractivity contribution in [2.75, 3.05) is 7.11 Å². The average molecular weight is 279 g/mol. The summed E-state index contributed by atoms with van der Waals surface area (Å²) >= 11 is 0. The third kappa shape index (κ3) is 2.55. The summed E-state index contributed by atoms with van der Waals surface area (Å²) in [7, 11) is 0.158. The summed E-state index contributed by atoms with van der Waals surface area (Å²) in [4.78, 5) is 22.4. The van der Waals surface area contributed by atoms with Crippen molar-refractivity contribution < 1.29 is 29.1 Å². The summed E-state index contributed by atoms with van der Waals surface area (Å²) in [5, 5.41) is 19.0. The van der Waals surface area contributed by atoms with Crippen LogP contribution in [0.2, 0.25) is 6.32 Å². The van der Waals surface area contributed by atoms with Crippen LogP contribution in [0.25, 0.3) is 0 Å². The lowest BCUT2D eigenvalue weighted by Crippen LogP contribution is -2.32. The van der Waals surface area contributed by atoms with Crippen molar-refractivity contribution >= 4 is 19.0 Å². The first kappa shape index (κ1) is 14.2. The molecule has 106 valence electrons. The van der Waals surface area contributed by atoms with Gasteiger partial charge in [0.15, 0.2) is 0 Å². The van der Waals surface area contributed by atoms with E-state index in [2.05, 4.69) is 0 Å². The maximum Gasteiger partial charge on any atom is 0.523 e. The van der Waals surface area contributed by atoms with Gasteiger partial charge in [0.25, 0.3) is 0 Å². The molecule has 0 saturated carbocycles. The van der Waals surface area contributed by atoms with Crippen LogP contribution in [-0.4, -0.2) is 36.2 Å². The van der Waals surface area contributed by atoms with E-state index in [1.807, 2.05) is 0 Å². The zero-order valence-corrected chi connectivity index (χ0v) is 10.8. The number of carbonyl (C=O) groups excluding carboxylic acids is 1. The monoisotopic (exact) mass is 279 g/mol. The van der Waals surface area contributed by atoms with E-state index in [1.54, 1.807) is 6.07 Å². The predicted octanol–water partition coefficient (Wildman–Crippen LogP) is 0.225. The quantitative estimate of drug-likeness (QED) is 0.678. The molecule has 1 unspecified atom stereocenters. The number of nitrogens with two attached hydrogens (primary N) is 1. The Hall–Kier alpha value is -2.22. The highest BCUT2D eigenvalue weighted by Crippen LogP contribution is 2.42. The molecule has 1 atom stereocenters. The van der Waals surface area contributed by atoms with Crippen LogP contribution in [0.5, 0.6) is 11.5 Å². The van der Waals surface area contributed by atoms with E-state index in [9.17, 15) is 19.7 Å². The van der Waals surface area contributed by atoms with Gasteiger partial charge in [-0.2, -0.15) is 0 Å². The highest BCUT2D eigenvalue weighted by Gasteiger charge is 2.36.